The number of phenols is 1. The highest BCUT2D eigenvalue weighted by atomic mass is 16.7. The molecule has 7 aliphatic rings. The van der Waals surface area contributed by atoms with Gasteiger partial charge in [0, 0.05) is 54.7 Å². The molecule has 3 aliphatic carbocycles. The Bertz CT molecular complexity index is 2680. The summed E-state index contributed by atoms with van der Waals surface area (Å²) in [6, 6.07) is 7.33. The quantitative estimate of drug-likeness (QED) is 0.115. The second-order valence-electron chi connectivity index (χ2n) is 17.8. The van der Waals surface area contributed by atoms with Crippen molar-refractivity contribution in [3.05, 3.63) is 116 Å². The summed E-state index contributed by atoms with van der Waals surface area (Å²) in [7, 11) is 5.18. The van der Waals surface area contributed by atoms with E-state index in [2.05, 4.69) is 21.7 Å². The van der Waals surface area contributed by atoms with E-state index in [4.69, 9.17) is 18.9 Å². The van der Waals surface area contributed by atoms with E-state index in [1.54, 1.807) is 30.5 Å². The van der Waals surface area contributed by atoms with Gasteiger partial charge in [-0.25, -0.2) is 0 Å². The fourth-order valence-electron chi connectivity index (χ4n) is 10.8. The molecule has 4 aliphatic heterocycles. The maximum absolute atomic E-state index is 15.1. The maximum atomic E-state index is 15.1. The van der Waals surface area contributed by atoms with E-state index in [9.17, 15) is 30.3 Å². The van der Waals surface area contributed by atoms with Crippen molar-refractivity contribution in [1.29, 1.82) is 0 Å². The number of hydrogen-bond acceptors (Lipinski definition) is 14. The van der Waals surface area contributed by atoms with Gasteiger partial charge < -0.3 is 60.0 Å². The van der Waals surface area contributed by atoms with Crippen molar-refractivity contribution in [3.63, 3.8) is 0 Å². The zero-order valence-electron chi connectivity index (χ0n) is 36.4. The molecule has 2 fully saturated rings. The molecule has 15 heteroatoms. The summed E-state index contributed by atoms with van der Waals surface area (Å²) >= 11 is 0. The number of ether oxygens (including phenoxy) is 4. The number of likely N-dealkylation sites (N-methyl/N-ethyl adjacent to an activating group) is 1. The number of carbonyl (C=O) groups is 2. The number of aliphatic hydroxyl groups is 4. The lowest BCUT2D eigenvalue weighted by Crippen LogP contribution is -2.69. The number of nitrogens with zero attached hydrogens (tertiary/aromatic N) is 2. The van der Waals surface area contributed by atoms with Crippen LogP contribution in [-0.4, -0.2) is 132 Å². The van der Waals surface area contributed by atoms with Crippen molar-refractivity contribution < 1.29 is 54.1 Å². The van der Waals surface area contributed by atoms with Crippen LogP contribution in [0.1, 0.15) is 73.7 Å². The lowest BCUT2D eigenvalue weighted by atomic mass is 9.75. The van der Waals surface area contributed by atoms with Gasteiger partial charge in [-0.05, 0) is 85.3 Å². The van der Waals surface area contributed by atoms with Crippen molar-refractivity contribution in [2.45, 2.75) is 74.6 Å². The molecule has 1 amide bonds. The number of allylic oxidation sites excluding steroid dienone is 4. The SMILES string of the molecule is CNCC1=CC=C2N=CC(C3C=Cc4c(OC)cc5c6c(c(C(=O)CN7Cc8c(CNC)cccc8C7=O)c(O)c5c4OC4OC(CO3)C(O)C(O)C4(O)CO)C3CCCC3C=C6)=C2[CH+]1. The van der Waals surface area contributed by atoms with Gasteiger partial charge in [0.15, 0.2) is 17.1 Å². The van der Waals surface area contributed by atoms with Crippen LogP contribution < -0.4 is 20.1 Å². The van der Waals surface area contributed by atoms with Gasteiger partial charge in [-0.15, -0.1) is 0 Å². The number of aromatic hydroxyl groups is 1. The van der Waals surface area contributed by atoms with E-state index in [-0.39, 0.29) is 59.7 Å². The van der Waals surface area contributed by atoms with Crippen LogP contribution >= 0.6 is 0 Å². The Morgan fingerprint density at radius 2 is 1.91 bits per heavy atom. The summed E-state index contributed by atoms with van der Waals surface area (Å²) < 4.78 is 25.5. The van der Waals surface area contributed by atoms with Crippen LogP contribution in [0.25, 0.3) is 22.9 Å². The van der Waals surface area contributed by atoms with Gasteiger partial charge in [0.25, 0.3) is 5.91 Å². The van der Waals surface area contributed by atoms with Crippen LogP contribution in [0.2, 0.25) is 0 Å². The summed E-state index contributed by atoms with van der Waals surface area (Å²) in [4.78, 5) is 35.2. The van der Waals surface area contributed by atoms with Crippen LogP contribution in [0.5, 0.6) is 17.2 Å². The Morgan fingerprint density at radius 1 is 1.09 bits per heavy atom. The Kier molecular flexibility index (Phi) is 11.3. The second-order valence-corrected chi connectivity index (χ2v) is 17.8. The van der Waals surface area contributed by atoms with Gasteiger partial charge in [0.1, 0.15) is 47.2 Å². The van der Waals surface area contributed by atoms with Crippen molar-refractivity contribution in [3.8, 4) is 17.2 Å². The Hall–Kier alpha value is -5.62. The average molecular weight is 886 g/mol. The molecule has 8 atom stereocenters. The normalized spacial score (nSPS) is 28.7. The van der Waals surface area contributed by atoms with E-state index in [0.717, 1.165) is 47.2 Å². The van der Waals surface area contributed by atoms with Gasteiger partial charge >= 0.3 is 0 Å². The van der Waals surface area contributed by atoms with Crippen molar-refractivity contribution in [1.82, 2.24) is 15.5 Å². The molecule has 65 heavy (non-hydrogen) atoms. The molecule has 3 aromatic rings. The first-order valence-electron chi connectivity index (χ1n) is 22.2. The van der Waals surface area contributed by atoms with E-state index in [1.165, 1.54) is 12.0 Å². The highest BCUT2D eigenvalue weighted by Crippen LogP contribution is 2.55. The number of hydrogen-bond donors (Lipinski definition) is 7. The highest BCUT2D eigenvalue weighted by molar-refractivity contribution is 6.14. The van der Waals surface area contributed by atoms with Gasteiger partial charge in [-0.1, -0.05) is 30.7 Å². The number of nitrogens with one attached hydrogen (secondary N) is 2. The molecular formula is C50H53N4O11+. The molecule has 8 unspecified atom stereocenters. The third-order valence-corrected chi connectivity index (χ3v) is 14.1. The molecule has 7 N–H and O–H groups in total. The first kappa shape index (κ1) is 43.3. The summed E-state index contributed by atoms with van der Waals surface area (Å²) in [6.45, 7) is -0.294. The number of ketones is 1. The Labute approximate surface area is 376 Å². The maximum Gasteiger partial charge on any atom is 0.254 e. The number of fused-ring (bicyclic) bond motifs is 11. The van der Waals surface area contributed by atoms with E-state index in [0.29, 0.717) is 46.5 Å². The number of carbonyl (C=O) groups excluding carboxylic acids is 2. The highest BCUT2D eigenvalue weighted by Gasteiger charge is 2.57. The minimum absolute atomic E-state index is 0.0606. The molecule has 15 nitrogen and oxygen atoms in total. The van der Waals surface area contributed by atoms with E-state index >= 15 is 4.79 Å². The van der Waals surface area contributed by atoms with Gasteiger partial charge in [-0.2, -0.15) is 4.99 Å². The molecule has 0 radical (unpaired) electrons. The van der Waals surface area contributed by atoms with Gasteiger partial charge in [-0.3, -0.25) is 9.59 Å². The number of aliphatic hydroxyl groups excluding tert-OH is 3. The van der Waals surface area contributed by atoms with Gasteiger partial charge in [0.05, 0.1) is 55.2 Å². The zero-order valence-corrected chi connectivity index (χ0v) is 36.4. The monoisotopic (exact) mass is 885 g/mol. The predicted molar refractivity (Wildman–Crippen MR) is 242 cm³/mol. The molecule has 4 heterocycles. The third kappa shape index (κ3) is 7.04. The van der Waals surface area contributed by atoms with Crippen molar-refractivity contribution >= 4 is 40.8 Å². The number of phenolic OH excluding ortho intramolecular Hbond substituents is 1. The van der Waals surface area contributed by atoms with E-state index in [1.807, 2.05) is 50.9 Å². The fraction of sp³-hybridized carbons (Fsp3) is 0.400. The molecular weight excluding hydrogens is 833 g/mol. The fourth-order valence-corrected chi connectivity index (χ4v) is 10.8. The summed E-state index contributed by atoms with van der Waals surface area (Å²) in [5, 5.41) is 65.3. The minimum atomic E-state index is -2.58. The van der Waals surface area contributed by atoms with Crippen molar-refractivity contribution in [2.24, 2.45) is 10.9 Å². The standard InChI is InChI=1S/C50H52N4O11/c1-51-18-25-10-14-36-32(16-25)34(20-53-36)38-15-13-31-39(62-3)17-33-29-12-11-26-6-4-8-28(26)41(29)43(37(56)22-54-21-35-27(19-52-2)7-5-9-30(35)48(54)60)45(58)42(33)46(31)65-49-50(61,24-55)47(59)44(57)40(64-49)23-63-38/h5,7,9-17,20,26,28,38,40,44,47,49,51-52,55,57,59,61H,4,6,8,18-19,21-24H2,1-3H3/p+1. The number of rotatable bonds is 10. The Morgan fingerprint density at radius 3 is 2.69 bits per heavy atom. The molecule has 10 rings (SSSR count). The van der Waals surface area contributed by atoms with Gasteiger partial charge in [0.2, 0.25) is 6.29 Å². The Balaban J connectivity index is 1.17. The van der Waals surface area contributed by atoms with Crippen LogP contribution in [0.4, 0.5) is 0 Å². The molecule has 338 valence electrons. The number of methoxy groups -OCH3 is 1. The topological polar surface area (TPSA) is 212 Å². The third-order valence-electron chi connectivity index (χ3n) is 14.1. The minimum Gasteiger partial charge on any atom is -0.506 e. The van der Waals surface area contributed by atoms with E-state index < -0.39 is 54.4 Å². The molecule has 1 saturated carbocycles. The number of Topliss-reactive ketones (excluding diaryl/α,β-unsaturated/α-hetero) is 1. The van der Waals surface area contributed by atoms with Crippen LogP contribution in [0, 0.1) is 12.3 Å². The number of aliphatic imine (C=N–C) groups is 1. The summed E-state index contributed by atoms with van der Waals surface area (Å²) in [5.74, 6) is -0.900. The van der Waals surface area contributed by atoms with Crippen LogP contribution in [-0.2, 0) is 22.6 Å². The molecule has 0 aromatic heterocycles. The van der Waals surface area contributed by atoms with Crippen LogP contribution in [0.15, 0.2) is 76.0 Å². The smallest absolute Gasteiger partial charge is 0.254 e. The molecule has 1 saturated heterocycles. The first-order chi connectivity index (χ1) is 31.5. The average Bonchev–Trinajstić information content (AvgIpc) is 4.04. The lowest BCUT2D eigenvalue weighted by molar-refractivity contribution is -0.329. The molecule has 0 spiro atoms. The summed E-state index contributed by atoms with van der Waals surface area (Å²) in [6.07, 6.45) is 10.2. The largest absolute Gasteiger partial charge is 0.506 e. The zero-order chi connectivity index (χ0) is 45.3. The van der Waals surface area contributed by atoms with Crippen molar-refractivity contribution in [2.75, 3.05) is 47.5 Å². The first-order valence-corrected chi connectivity index (χ1v) is 22.2. The molecule has 3 aromatic carbocycles. The van der Waals surface area contributed by atoms with Crippen LogP contribution in [0.3, 0.4) is 0 Å². The molecule has 2 bridgehead atoms. The summed E-state index contributed by atoms with van der Waals surface area (Å²) in [5.41, 5.74) is 4.70. The number of benzene rings is 3. The predicted octanol–water partition coefficient (Wildman–Crippen LogP) is 3.61. The number of amides is 1. The second kappa shape index (κ2) is 17.0. The lowest BCUT2D eigenvalue weighted by Gasteiger charge is -2.47.